The molecule has 0 aliphatic rings. The van der Waals surface area contributed by atoms with E-state index in [-0.39, 0.29) is 18.2 Å². The van der Waals surface area contributed by atoms with E-state index in [2.05, 4.69) is 26.6 Å². The molecule has 26 heavy (non-hydrogen) atoms. The van der Waals surface area contributed by atoms with Gasteiger partial charge in [0.15, 0.2) is 5.76 Å². The van der Waals surface area contributed by atoms with E-state index in [1.807, 2.05) is 12.1 Å². The Labute approximate surface area is 163 Å². The lowest BCUT2D eigenvalue weighted by atomic mass is 10.2. The largest absolute Gasteiger partial charge is 0.451 e. The third-order valence-corrected chi connectivity index (χ3v) is 4.46. The van der Waals surface area contributed by atoms with Crippen molar-refractivity contribution in [3.8, 4) is 11.3 Å². The minimum Gasteiger partial charge on any atom is -0.451 e. The number of benzene rings is 2. The maximum atomic E-state index is 12.2. The summed E-state index contributed by atoms with van der Waals surface area (Å²) in [5.74, 6) is -0.129. The molecule has 132 valence electrons. The second-order valence-electron chi connectivity index (χ2n) is 5.38. The summed E-state index contributed by atoms with van der Waals surface area (Å²) in [6.45, 7) is -0.169. The van der Waals surface area contributed by atoms with Gasteiger partial charge in [0.2, 0.25) is 5.91 Å². The summed E-state index contributed by atoms with van der Waals surface area (Å²) in [7, 11) is 0. The summed E-state index contributed by atoms with van der Waals surface area (Å²) in [5, 5.41) is 5.86. The van der Waals surface area contributed by atoms with Crippen LogP contribution >= 0.6 is 27.5 Å². The summed E-state index contributed by atoms with van der Waals surface area (Å²) < 4.78 is 6.31. The van der Waals surface area contributed by atoms with Gasteiger partial charge in [0.05, 0.1) is 12.2 Å². The SMILES string of the molecule is O=C(CNC(=O)c1ccc(-c2ccc(Cl)cc2)o1)Nc1ccccc1Br. The molecule has 3 rings (SSSR count). The van der Waals surface area contributed by atoms with Crippen molar-refractivity contribution in [3.05, 3.63) is 75.9 Å². The fourth-order valence-corrected chi connectivity index (χ4v) is 2.74. The molecule has 1 heterocycles. The molecule has 0 fully saturated rings. The van der Waals surface area contributed by atoms with Crippen LogP contribution in [0.25, 0.3) is 11.3 Å². The zero-order chi connectivity index (χ0) is 18.5. The van der Waals surface area contributed by atoms with Gasteiger partial charge in [0.25, 0.3) is 5.91 Å². The van der Waals surface area contributed by atoms with E-state index >= 15 is 0 Å². The molecular formula is C19H14BrClN2O3. The van der Waals surface area contributed by atoms with Crippen LogP contribution in [0.2, 0.25) is 5.02 Å². The number of nitrogens with one attached hydrogen (secondary N) is 2. The minimum atomic E-state index is -0.465. The van der Waals surface area contributed by atoms with Crippen LogP contribution in [0.4, 0.5) is 5.69 Å². The van der Waals surface area contributed by atoms with Crippen molar-refractivity contribution >= 4 is 45.0 Å². The van der Waals surface area contributed by atoms with Crippen molar-refractivity contribution in [1.29, 1.82) is 0 Å². The van der Waals surface area contributed by atoms with Gasteiger partial charge in [-0.15, -0.1) is 0 Å². The van der Waals surface area contributed by atoms with Crippen LogP contribution in [0, 0.1) is 0 Å². The molecule has 0 spiro atoms. The Balaban J connectivity index is 1.58. The number of carbonyl (C=O) groups is 2. The van der Waals surface area contributed by atoms with E-state index in [1.165, 1.54) is 0 Å². The van der Waals surface area contributed by atoms with Crippen LogP contribution in [0.15, 0.2) is 69.6 Å². The van der Waals surface area contributed by atoms with Crippen LogP contribution in [-0.2, 0) is 4.79 Å². The highest BCUT2D eigenvalue weighted by Gasteiger charge is 2.14. The van der Waals surface area contributed by atoms with E-state index in [9.17, 15) is 9.59 Å². The predicted molar refractivity (Wildman–Crippen MR) is 104 cm³/mol. The first-order valence-corrected chi connectivity index (χ1v) is 8.88. The Morgan fingerprint density at radius 3 is 2.46 bits per heavy atom. The third kappa shape index (κ3) is 4.53. The Morgan fingerprint density at radius 1 is 1.00 bits per heavy atom. The fourth-order valence-electron chi connectivity index (χ4n) is 2.23. The van der Waals surface area contributed by atoms with Gasteiger partial charge in [0, 0.05) is 15.1 Å². The summed E-state index contributed by atoms with van der Waals surface area (Å²) in [6.07, 6.45) is 0. The summed E-state index contributed by atoms with van der Waals surface area (Å²) >= 11 is 9.20. The summed E-state index contributed by atoms with van der Waals surface area (Å²) in [5.41, 5.74) is 1.44. The van der Waals surface area contributed by atoms with E-state index < -0.39 is 5.91 Å². The average molecular weight is 434 g/mol. The molecule has 7 heteroatoms. The van der Waals surface area contributed by atoms with Crippen molar-refractivity contribution in [3.63, 3.8) is 0 Å². The lowest BCUT2D eigenvalue weighted by Crippen LogP contribution is -2.32. The van der Waals surface area contributed by atoms with Gasteiger partial charge in [-0.05, 0) is 64.5 Å². The number of hydrogen-bond acceptors (Lipinski definition) is 3. The standard InChI is InChI=1S/C19H14BrClN2O3/c20-14-3-1-2-4-15(14)23-18(24)11-22-19(25)17-10-9-16(26-17)12-5-7-13(21)8-6-12/h1-10H,11H2,(H,22,25)(H,23,24). The average Bonchev–Trinajstić information content (AvgIpc) is 3.12. The van der Waals surface area contributed by atoms with E-state index in [4.69, 9.17) is 16.0 Å². The number of halogens is 2. The van der Waals surface area contributed by atoms with Gasteiger partial charge < -0.3 is 15.1 Å². The quantitative estimate of drug-likeness (QED) is 0.611. The maximum absolute atomic E-state index is 12.2. The molecule has 3 aromatic rings. The maximum Gasteiger partial charge on any atom is 0.287 e. The lowest BCUT2D eigenvalue weighted by molar-refractivity contribution is -0.115. The molecular weight excluding hydrogens is 420 g/mol. The molecule has 1 aromatic heterocycles. The van der Waals surface area contributed by atoms with Crippen molar-refractivity contribution < 1.29 is 14.0 Å². The molecule has 0 unspecified atom stereocenters. The first-order valence-electron chi connectivity index (χ1n) is 7.71. The van der Waals surface area contributed by atoms with Crippen molar-refractivity contribution in [1.82, 2.24) is 5.32 Å². The minimum absolute atomic E-state index is 0.128. The molecule has 0 aliphatic heterocycles. The summed E-state index contributed by atoms with van der Waals surface area (Å²) in [6, 6.07) is 17.6. The van der Waals surface area contributed by atoms with Crippen molar-refractivity contribution in [2.24, 2.45) is 0 Å². The number of amides is 2. The molecule has 0 radical (unpaired) electrons. The second-order valence-corrected chi connectivity index (χ2v) is 6.67. The second kappa shape index (κ2) is 8.21. The molecule has 2 aromatic carbocycles. The molecule has 0 saturated heterocycles. The van der Waals surface area contributed by atoms with Crippen LogP contribution in [0.5, 0.6) is 0 Å². The van der Waals surface area contributed by atoms with E-state index in [1.54, 1.807) is 48.5 Å². The van der Waals surface area contributed by atoms with Crippen LogP contribution < -0.4 is 10.6 Å². The number of para-hydroxylation sites is 1. The first kappa shape index (κ1) is 18.2. The van der Waals surface area contributed by atoms with Crippen molar-refractivity contribution in [2.45, 2.75) is 0 Å². The molecule has 0 atom stereocenters. The molecule has 0 saturated carbocycles. The van der Waals surface area contributed by atoms with Crippen LogP contribution in [0.3, 0.4) is 0 Å². The monoisotopic (exact) mass is 432 g/mol. The highest BCUT2D eigenvalue weighted by atomic mass is 79.9. The molecule has 2 amide bonds. The lowest BCUT2D eigenvalue weighted by Gasteiger charge is -2.07. The van der Waals surface area contributed by atoms with Crippen molar-refractivity contribution in [2.75, 3.05) is 11.9 Å². The van der Waals surface area contributed by atoms with Gasteiger partial charge in [-0.2, -0.15) is 0 Å². The zero-order valence-electron chi connectivity index (χ0n) is 13.5. The van der Waals surface area contributed by atoms with E-state index in [0.29, 0.717) is 16.5 Å². The normalized spacial score (nSPS) is 10.4. The Kier molecular flexibility index (Phi) is 5.75. The Morgan fingerprint density at radius 2 is 1.73 bits per heavy atom. The predicted octanol–water partition coefficient (Wildman–Crippen LogP) is 4.73. The summed E-state index contributed by atoms with van der Waals surface area (Å²) in [4.78, 5) is 24.1. The Hall–Kier alpha value is -2.57. The van der Waals surface area contributed by atoms with Crippen LogP contribution in [-0.4, -0.2) is 18.4 Å². The zero-order valence-corrected chi connectivity index (χ0v) is 15.8. The first-order chi connectivity index (χ1) is 12.5. The highest BCUT2D eigenvalue weighted by Crippen LogP contribution is 2.24. The van der Waals surface area contributed by atoms with Crippen LogP contribution in [0.1, 0.15) is 10.6 Å². The molecule has 5 nitrogen and oxygen atoms in total. The number of anilines is 1. The Bertz CT molecular complexity index is 938. The molecule has 2 N–H and O–H groups in total. The highest BCUT2D eigenvalue weighted by molar-refractivity contribution is 9.10. The van der Waals surface area contributed by atoms with Gasteiger partial charge in [-0.1, -0.05) is 23.7 Å². The fraction of sp³-hybridized carbons (Fsp3) is 0.0526. The smallest absolute Gasteiger partial charge is 0.287 e. The molecule has 0 bridgehead atoms. The third-order valence-electron chi connectivity index (χ3n) is 3.52. The van der Waals surface area contributed by atoms with Gasteiger partial charge >= 0.3 is 0 Å². The van der Waals surface area contributed by atoms with Gasteiger partial charge in [0.1, 0.15) is 5.76 Å². The number of hydrogen-bond donors (Lipinski definition) is 2. The topological polar surface area (TPSA) is 71.3 Å². The number of rotatable bonds is 5. The number of furan rings is 1. The number of carbonyl (C=O) groups excluding carboxylic acids is 2. The van der Waals surface area contributed by atoms with E-state index in [0.717, 1.165) is 10.0 Å². The van der Waals surface area contributed by atoms with Gasteiger partial charge in [-0.25, -0.2) is 0 Å². The van der Waals surface area contributed by atoms with Gasteiger partial charge in [-0.3, -0.25) is 9.59 Å². The molecule has 0 aliphatic carbocycles.